The van der Waals surface area contributed by atoms with Crippen LogP contribution in [0.15, 0.2) is 90.5 Å². The van der Waals surface area contributed by atoms with Crippen molar-refractivity contribution in [3.8, 4) is 0 Å². The largest absolute Gasteiger partial charge is 0.0640 e. The molecule has 24 heavy (non-hydrogen) atoms. The van der Waals surface area contributed by atoms with Crippen LogP contribution in [-0.4, -0.2) is 0 Å². The summed E-state index contributed by atoms with van der Waals surface area (Å²) < 4.78 is 0. The van der Waals surface area contributed by atoms with Crippen molar-refractivity contribution in [2.24, 2.45) is 0 Å². The fourth-order valence-electron chi connectivity index (χ4n) is 4.31. The third-order valence-corrected chi connectivity index (χ3v) is 5.47. The van der Waals surface area contributed by atoms with Gasteiger partial charge in [-0.1, -0.05) is 104 Å². The van der Waals surface area contributed by atoms with Crippen molar-refractivity contribution in [2.75, 3.05) is 0 Å². The van der Waals surface area contributed by atoms with Crippen molar-refractivity contribution < 1.29 is 0 Å². The molecule has 0 heteroatoms. The van der Waals surface area contributed by atoms with Gasteiger partial charge in [0.2, 0.25) is 0 Å². The average Bonchev–Trinajstić information content (AvgIpc) is 2.99. The Morgan fingerprint density at radius 1 is 0.667 bits per heavy atom. The topological polar surface area (TPSA) is 0 Å². The van der Waals surface area contributed by atoms with Crippen LogP contribution in [0.3, 0.4) is 0 Å². The Hall–Kier alpha value is -2.60. The lowest BCUT2D eigenvalue weighted by Crippen LogP contribution is -2.31. The van der Waals surface area contributed by atoms with Crippen molar-refractivity contribution in [2.45, 2.75) is 25.2 Å². The van der Waals surface area contributed by atoms with Crippen molar-refractivity contribution >= 4 is 6.08 Å². The van der Waals surface area contributed by atoms with Crippen LogP contribution in [-0.2, 0) is 5.41 Å². The Kier molecular flexibility index (Phi) is 3.61. The lowest BCUT2D eigenvalue weighted by molar-refractivity contribution is 0.498. The van der Waals surface area contributed by atoms with Crippen molar-refractivity contribution in [1.29, 1.82) is 0 Å². The van der Waals surface area contributed by atoms with E-state index in [1.807, 2.05) is 0 Å². The van der Waals surface area contributed by atoms with Gasteiger partial charge >= 0.3 is 0 Å². The molecule has 0 radical (unpaired) electrons. The van der Waals surface area contributed by atoms with Crippen LogP contribution in [0.1, 0.15) is 42.0 Å². The first-order chi connectivity index (χ1) is 11.7. The van der Waals surface area contributed by atoms with Crippen LogP contribution >= 0.6 is 0 Å². The first kappa shape index (κ1) is 15.0. The summed E-state index contributed by atoms with van der Waals surface area (Å²) in [6.45, 7) is 4.66. The van der Waals surface area contributed by atoms with E-state index >= 15 is 0 Å². The van der Waals surface area contributed by atoms with Crippen LogP contribution in [0.5, 0.6) is 0 Å². The van der Waals surface area contributed by atoms with Gasteiger partial charge in [0, 0.05) is 11.3 Å². The Balaban J connectivity index is 1.97. The highest BCUT2D eigenvalue weighted by molar-refractivity contribution is 5.69. The van der Waals surface area contributed by atoms with Crippen molar-refractivity contribution in [3.05, 3.63) is 113 Å². The van der Waals surface area contributed by atoms with Gasteiger partial charge < -0.3 is 0 Å². The second-order valence-corrected chi connectivity index (χ2v) is 6.88. The van der Waals surface area contributed by atoms with Crippen LogP contribution in [0.2, 0.25) is 0 Å². The molecule has 4 rings (SSSR count). The van der Waals surface area contributed by atoms with Gasteiger partial charge in [0.1, 0.15) is 0 Å². The molecule has 0 saturated heterocycles. The number of allylic oxidation sites excluding steroid dienone is 1. The second kappa shape index (κ2) is 5.79. The molecule has 118 valence electrons. The summed E-state index contributed by atoms with van der Waals surface area (Å²) in [7, 11) is 0. The van der Waals surface area contributed by atoms with Gasteiger partial charge in [-0.2, -0.15) is 0 Å². The maximum absolute atomic E-state index is 2.39. The maximum atomic E-state index is 2.39. The number of rotatable bonds is 3. The lowest BCUT2D eigenvalue weighted by atomic mass is 9.64. The van der Waals surface area contributed by atoms with E-state index < -0.39 is 0 Å². The van der Waals surface area contributed by atoms with Gasteiger partial charge in [-0.15, -0.1) is 0 Å². The lowest BCUT2D eigenvalue weighted by Gasteiger charge is -2.39. The van der Waals surface area contributed by atoms with E-state index in [-0.39, 0.29) is 5.41 Å². The standard InChI is InChI=1S/C24H22/c1-18-17-19-11-9-10-16-22(19)23(18)24(2,20-12-5-3-6-13-20)21-14-7-4-8-15-21/h3-17,23H,1-2H3. The van der Waals surface area contributed by atoms with Crippen molar-refractivity contribution in [3.63, 3.8) is 0 Å². The van der Waals surface area contributed by atoms with E-state index in [1.54, 1.807) is 0 Å². The maximum Gasteiger partial charge on any atom is 0.0280 e. The summed E-state index contributed by atoms with van der Waals surface area (Å²) in [4.78, 5) is 0. The van der Waals surface area contributed by atoms with Gasteiger partial charge in [-0.25, -0.2) is 0 Å². The van der Waals surface area contributed by atoms with Crippen LogP contribution in [0.25, 0.3) is 6.08 Å². The molecule has 0 saturated carbocycles. The molecule has 3 aromatic carbocycles. The molecule has 0 heterocycles. The molecule has 1 aliphatic carbocycles. The molecule has 0 fully saturated rings. The molecule has 0 spiro atoms. The average molecular weight is 310 g/mol. The van der Waals surface area contributed by atoms with Crippen molar-refractivity contribution in [1.82, 2.24) is 0 Å². The zero-order chi connectivity index (χ0) is 16.6. The smallest absolute Gasteiger partial charge is 0.0280 e. The Labute approximate surface area is 144 Å². The summed E-state index contributed by atoms with van der Waals surface area (Å²) in [5, 5.41) is 0. The van der Waals surface area contributed by atoms with Gasteiger partial charge in [-0.3, -0.25) is 0 Å². The third kappa shape index (κ3) is 2.22. The normalized spacial score (nSPS) is 16.6. The fourth-order valence-corrected chi connectivity index (χ4v) is 4.31. The zero-order valence-electron chi connectivity index (χ0n) is 14.2. The highest BCUT2D eigenvalue weighted by atomic mass is 14.4. The highest BCUT2D eigenvalue weighted by Crippen LogP contribution is 2.52. The predicted octanol–water partition coefficient (Wildman–Crippen LogP) is 6.19. The quantitative estimate of drug-likeness (QED) is 0.541. The van der Waals surface area contributed by atoms with Gasteiger partial charge in [0.15, 0.2) is 0 Å². The Morgan fingerprint density at radius 3 is 1.75 bits per heavy atom. The summed E-state index contributed by atoms with van der Waals surface area (Å²) in [5.74, 6) is 0.360. The van der Waals surface area contributed by atoms with Crippen LogP contribution < -0.4 is 0 Å². The van der Waals surface area contributed by atoms with Gasteiger partial charge in [0.05, 0.1) is 0 Å². The molecule has 1 atom stereocenters. The van der Waals surface area contributed by atoms with E-state index in [1.165, 1.54) is 27.8 Å². The predicted molar refractivity (Wildman–Crippen MR) is 102 cm³/mol. The summed E-state index contributed by atoms with van der Waals surface area (Å²) in [6, 6.07) is 30.7. The minimum absolute atomic E-state index is 0.0876. The summed E-state index contributed by atoms with van der Waals surface area (Å²) in [6.07, 6.45) is 2.35. The van der Waals surface area contributed by atoms with E-state index in [2.05, 4.69) is 105 Å². The zero-order valence-corrected chi connectivity index (χ0v) is 14.2. The number of fused-ring (bicyclic) bond motifs is 1. The molecule has 1 unspecified atom stereocenters. The SMILES string of the molecule is CC1=Cc2ccccc2C1C(C)(c1ccccc1)c1ccccc1. The van der Waals surface area contributed by atoms with Crippen LogP contribution in [0.4, 0.5) is 0 Å². The molecule has 0 aliphatic heterocycles. The third-order valence-electron chi connectivity index (χ3n) is 5.47. The fraction of sp³-hybridized carbons (Fsp3) is 0.167. The van der Waals surface area contributed by atoms with E-state index in [0.29, 0.717) is 5.92 Å². The molecule has 1 aliphatic rings. The van der Waals surface area contributed by atoms with Crippen LogP contribution in [0, 0.1) is 0 Å². The van der Waals surface area contributed by atoms with Gasteiger partial charge in [0.25, 0.3) is 0 Å². The Bertz CT molecular complexity index is 833. The first-order valence-corrected chi connectivity index (χ1v) is 8.59. The molecular formula is C24H22. The minimum Gasteiger partial charge on any atom is -0.0640 e. The molecule has 0 amide bonds. The molecule has 0 nitrogen and oxygen atoms in total. The monoisotopic (exact) mass is 310 g/mol. The number of hydrogen-bond acceptors (Lipinski definition) is 0. The van der Waals surface area contributed by atoms with E-state index in [4.69, 9.17) is 0 Å². The van der Waals surface area contributed by atoms with E-state index in [9.17, 15) is 0 Å². The van der Waals surface area contributed by atoms with E-state index in [0.717, 1.165) is 0 Å². The number of hydrogen-bond donors (Lipinski definition) is 0. The first-order valence-electron chi connectivity index (χ1n) is 8.59. The molecule has 0 aromatic heterocycles. The van der Waals surface area contributed by atoms with Gasteiger partial charge in [-0.05, 0) is 29.2 Å². The summed E-state index contributed by atoms with van der Waals surface area (Å²) in [5.41, 5.74) is 6.88. The number of benzene rings is 3. The molecule has 3 aromatic rings. The molecule has 0 N–H and O–H groups in total. The highest BCUT2D eigenvalue weighted by Gasteiger charge is 2.42. The summed E-state index contributed by atoms with van der Waals surface area (Å²) >= 11 is 0. The Morgan fingerprint density at radius 2 is 1.17 bits per heavy atom. The molecule has 0 bridgehead atoms. The minimum atomic E-state index is -0.0876. The second-order valence-electron chi connectivity index (χ2n) is 6.88. The molecular weight excluding hydrogens is 288 g/mol.